The standard InChI is InChI=1S/C25H30N2O4/c1-6-30-20-11-7-18(8-12-20)22-23(25(29)27(24(22)28)15-16(2)3)26-19-9-13-21(14-10-19)31-17(4)5/h7-14,16-17,26H,6,15H2,1-5H3. The van der Waals surface area contributed by atoms with Crippen LogP contribution in [0.2, 0.25) is 0 Å². The summed E-state index contributed by atoms with van der Waals surface area (Å²) in [5.41, 5.74) is 2.04. The molecule has 2 aromatic carbocycles. The van der Waals surface area contributed by atoms with E-state index in [4.69, 9.17) is 9.47 Å². The fourth-order valence-corrected chi connectivity index (χ4v) is 3.41. The topological polar surface area (TPSA) is 67.9 Å². The molecule has 0 unspecified atom stereocenters. The monoisotopic (exact) mass is 422 g/mol. The normalized spacial score (nSPS) is 14.1. The van der Waals surface area contributed by atoms with E-state index in [0.717, 1.165) is 11.5 Å². The van der Waals surface area contributed by atoms with Gasteiger partial charge in [-0.05, 0) is 68.7 Å². The van der Waals surface area contributed by atoms with Gasteiger partial charge in [0, 0.05) is 12.2 Å². The average Bonchev–Trinajstić information content (AvgIpc) is 2.94. The van der Waals surface area contributed by atoms with Gasteiger partial charge in [0.15, 0.2) is 0 Å². The van der Waals surface area contributed by atoms with Gasteiger partial charge in [0.05, 0.1) is 18.3 Å². The Morgan fingerprint density at radius 2 is 1.48 bits per heavy atom. The van der Waals surface area contributed by atoms with Crippen LogP contribution in [0.4, 0.5) is 5.69 Å². The summed E-state index contributed by atoms with van der Waals surface area (Å²) in [6.45, 7) is 10.7. The van der Waals surface area contributed by atoms with Crippen molar-refractivity contribution in [2.45, 2.75) is 40.7 Å². The summed E-state index contributed by atoms with van der Waals surface area (Å²) in [6.07, 6.45) is 0.0754. The first-order valence-corrected chi connectivity index (χ1v) is 10.7. The lowest BCUT2D eigenvalue weighted by Gasteiger charge is -2.17. The van der Waals surface area contributed by atoms with E-state index in [1.807, 2.05) is 83.1 Å². The minimum absolute atomic E-state index is 0.0754. The van der Waals surface area contributed by atoms with Crippen molar-refractivity contribution in [2.24, 2.45) is 5.92 Å². The fourth-order valence-electron chi connectivity index (χ4n) is 3.41. The first kappa shape index (κ1) is 22.4. The van der Waals surface area contributed by atoms with Gasteiger partial charge >= 0.3 is 0 Å². The molecule has 0 aliphatic carbocycles. The molecule has 1 heterocycles. The highest BCUT2D eigenvalue weighted by atomic mass is 16.5. The number of rotatable bonds is 9. The molecule has 2 aromatic rings. The Balaban J connectivity index is 1.95. The molecule has 6 heteroatoms. The van der Waals surface area contributed by atoms with Crippen molar-refractivity contribution >= 4 is 23.1 Å². The molecule has 0 bridgehead atoms. The Morgan fingerprint density at radius 1 is 0.871 bits per heavy atom. The molecule has 31 heavy (non-hydrogen) atoms. The van der Waals surface area contributed by atoms with Gasteiger partial charge in [-0.3, -0.25) is 14.5 Å². The second kappa shape index (κ2) is 9.69. The van der Waals surface area contributed by atoms with E-state index in [9.17, 15) is 9.59 Å². The van der Waals surface area contributed by atoms with Crippen molar-refractivity contribution in [1.82, 2.24) is 4.90 Å². The molecule has 0 radical (unpaired) electrons. The minimum Gasteiger partial charge on any atom is -0.494 e. The summed E-state index contributed by atoms with van der Waals surface area (Å²) in [4.78, 5) is 27.7. The quantitative estimate of drug-likeness (QED) is 0.592. The number of hydrogen-bond acceptors (Lipinski definition) is 5. The van der Waals surface area contributed by atoms with E-state index in [0.29, 0.717) is 30.0 Å². The van der Waals surface area contributed by atoms with Crippen LogP contribution in [0.5, 0.6) is 11.5 Å². The van der Waals surface area contributed by atoms with Crippen LogP contribution in [0, 0.1) is 5.92 Å². The van der Waals surface area contributed by atoms with Gasteiger partial charge in [-0.2, -0.15) is 0 Å². The van der Waals surface area contributed by atoms with E-state index in [1.54, 1.807) is 0 Å². The smallest absolute Gasteiger partial charge is 0.278 e. The van der Waals surface area contributed by atoms with Crippen LogP contribution in [0.1, 0.15) is 40.2 Å². The molecule has 1 aliphatic rings. The lowest BCUT2D eigenvalue weighted by molar-refractivity contribution is -0.137. The number of anilines is 1. The van der Waals surface area contributed by atoms with Crippen LogP contribution >= 0.6 is 0 Å². The number of amides is 2. The van der Waals surface area contributed by atoms with Crippen molar-refractivity contribution in [3.63, 3.8) is 0 Å². The number of benzene rings is 2. The highest BCUT2D eigenvalue weighted by Crippen LogP contribution is 2.32. The summed E-state index contributed by atoms with van der Waals surface area (Å²) in [5.74, 6) is 1.03. The Morgan fingerprint density at radius 3 is 2.03 bits per heavy atom. The van der Waals surface area contributed by atoms with Crippen LogP contribution in [-0.2, 0) is 9.59 Å². The Kier molecular flexibility index (Phi) is 7.00. The third-order valence-electron chi connectivity index (χ3n) is 4.67. The van der Waals surface area contributed by atoms with Crippen LogP contribution < -0.4 is 14.8 Å². The second-order valence-corrected chi connectivity index (χ2v) is 8.14. The van der Waals surface area contributed by atoms with Gasteiger partial charge in [-0.1, -0.05) is 26.0 Å². The van der Waals surface area contributed by atoms with Crippen LogP contribution in [0.15, 0.2) is 54.2 Å². The number of carbonyl (C=O) groups is 2. The van der Waals surface area contributed by atoms with Crippen molar-refractivity contribution in [3.05, 3.63) is 59.8 Å². The molecule has 1 N–H and O–H groups in total. The van der Waals surface area contributed by atoms with Gasteiger partial charge in [0.25, 0.3) is 11.8 Å². The lowest BCUT2D eigenvalue weighted by Crippen LogP contribution is -2.35. The largest absolute Gasteiger partial charge is 0.494 e. The van der Waals surface area contributed by atoms with Gasteiger partial charge in [-0.25, -0.2) is 0 Å². The predicted octanol–water partition coefficient (Wildman–Crippen LogP) is 4.72. The lowest BCUT2D eigenvalue weighted by atomic mass is 10.0. The number of carbonyl (C=O) groups excluding carboxylic acids is 2. The highest BCUT2D eigenvalue weighted by Gasteiger charge is 2.39. The van der Waals surface area contributed by atoms with Crippen molar-refractivity contribution in [3.8, 4) is 11.5 Å². The van der Waals surface area contributed by atoms with E-state index in [1.165, 1.54) is 4.90 Å². The Labute approximate surface area is 183 Å². The first-order chi connectivity index (χ1) is 14.8. The molecule has 6 nitrogen and oxygen atoms in total. The van der Waals surface area contributed by atoms with Crippen LogP contribution in [-0.4, -0.2) is 36.0 Å². The molecule has 0 spiro atoms. The predicted molar refractivity (Wildman–Crippen MR) is 122 cm³/mol. The summed E-state index contributed by atoms with van der Waals surface area (Å²) in [6, 6.07) is 14.6. The molecule has 1 aliphatic heterocycles. The molecule has 164 valence electrons. The van der Waals surface area contributed by atoms with Crippen LogP contribution in [0.3, 0.4) is 0 Å². The van der Waals surface area contributed by atoms with Crippen molar-refractivity contribution in [1.29, 1.82) is 0 Å². The minimum atomic E-state index is -0.315. The molecular weight excluding hydrogens is 392 g/mol. The maximum absolute atomic E-state index is 13.2. The number of ether oxygens (including phenoxy) is 2. The molecule has 0 saturated carbocycles. The zero-order valence-electron chi connectivity index (χ0n) is 18.8. The van der Waals surface area contributed by atoms with Gasteiger partial charge < -0.3 is 14.8 Å². The Hall–Kier alpha value is -3.28. The molecule has 0 fully saturated rings. The van der Waals surface area contributed by atoms with Gasteiger partial charge in [0.1, 0.15) is 17.2 Å². The maximum atomic E-state index is 13.2. The maximum Gasteiger partial charge on any atom is 0.278 e. The molecule has 2 amide bonds. The van der Waals surface area contributed by atoms with E-state index >= 15 is 0 Å². The van der Waals surface area contributed by atoms with Gasteiger partial charge in [-0.15, -0.1) is 0 Å². The molecule has 0 atom stereocenters. The zero-order chi connectivity index (χ0) is 22.5. The third kappa shape index (κ3) is 5.26. The SMILES string of the molecule is CCOc1ccc(C2=C(Nc3ccc(OC(C)C)cc3)C(=O)N(CC(C)C)C2=O)cc1. The van der Waals surface area contributed by atoms with E-state index in [2.05, 4.69) is 5.32 Å². The van der Waals surface area contributed by atoms with E-state index in [-0.39, 0.29) is 29.5 Å². The number of imide groups is 1. The molecular formula is C25H30N2O4. The van der Waals surface area contributed by atoms with Gasteiger partial charge in [0.2, 0.25) is 0 Å². The Bertz CT molecular complexity index is 960. The highest BCUT2D eigenvalue weighted by molar-refractivity contribution is 6.36. The van der Waals surface area contributed by atoms with Crippen molar-refractivity contribution in [2.75, 3.05) is 18.5 Å². The van der Waals surface area contributed by atoms with Crippen LogP contribution in [0.25, 0.3) is 5.57 Å². The molecule has 3 rings (SSSR count). The molecule has 0 saturated heterocycles. The molecule has 0 aromatic heterocycles. The number of nitrogens with one attached hydrogen (secondary N) is 1. The number of hydrogen-bond donors (Lipinski definition) is 1. The van der Waals surface area contributed by atoms with E-state index < -0.39 is 0 Å². The van der Waals surface area contributed by atoms with Crippen molar-refractivity contribution < 1.29 is 19.1 Å². The fraction of sp³-hybridized carbons (Fsp3) is 0.360. The average molecular weight is 423 g/mol. The summed E-state index contributed by atoms with van der Waals surface area (Å²) < 4.78 is 11.2. The summed E-state index contributed by atoms with van der Waals surface area (Å²) in [5, 5.41) is 3.17. The second-order valence-electron chi connectivity index (χ2n) is 8.14. The number of nitrogens with zero attached hydrogens (tertiary/aromatic N) is 1. The third-order valence-corrected chi connectivity index (χ3v) is 4.67. The summed E-state index contributed by atoms with van der Waals surface area (Å²) in [7, 11) is 0. The zero-order valence-corrected chi connectivity index (χ0v) is 18.8. The summed E-state index contributed by atoms with van der Waals surface area (Å²) >= 11 is 0. The first-order valence-electron chi connectivity index (χ1n) is 10.7.